The van der Waals surface area contributed by atoms with Crippen molar-refractivity contribution in [2.75, 3.05) is 0 Å². The number of aromatic nitrogens is 2. The van der Waals surface area contributed by atoms with Crippen molar-refractivity contribution in [1.29, 1.82) is 0 Å². The second-order valence-corrected chi connectivity index (χ2v) is 0.618. The summed E-state index contributed by atoms with van der Waals surface area (Å²) in [7, 11) is 0. The van der Waals surface area contributed by atoms with Crippen molar-refractivity contribution >= 4 is 0 Å². The van der Waals surface area contributed by atoms with E-state index < -0.39 is 0 Å². The van der Waals surface area contributed by atoms with E-state index in [2.05, 4.69) is 14.6 Å². The maximum atomic E-state index is 4.42. The molecule has 3 nitrogen and oxygen atoms in total. The molecule has 0 fully saturated rings. The molecule has 1 aromatic heterocycles. The van der Waals surface area contributed by atoms with E-state index in [1.807, 2.05) is 0 Å². The van der Waals surface area contributed by atoms with Crippen LogP contribution in [0.2, 0.25) is 0 Å². The smallest absolute Gasteiger partial charge is 0.359 e. The summed E-state index contributed by atoms with van der Waals surface area (Å²) in [6, 6.07) is 0. The van der Waals surface area contributed by atoms with Crippen LogP contribution in [0, 0.1) is 0 Å². The van der Waals surface area contributed by atoms with Gasteiger partial charge < -0.3 is 4.42 Å². The molecular weight excluding hydrogens is 68.0 g/mol. The highest BCUT2D eigenvalue weighted by Gasteiger charge is 1.69. The highest BCUT2D eigenvalue weighted by molar-refractivity contribution is 4.15. The molecule has 0 saturated heterocycles. The fraction of sp³-hybridized carbons (Fsp3) is 0. The van der Waals surface area contributed by atoms with Crippen LogP contribution in [0.5, 0.6) is 0 Å². The van der Waals surface area contributed by atoms with Gasteiger partial charge in [0.25, 0.3) is 6.39 Å². The van der Waals surface area contributed by atoms with Gasteiger partial charge in [0.1, 0.15) is 0 Å². The van der Waals surface area contributed by atoms with E-state index in [-0.39, 0.29) is 0 Å². The third kappa shape index (κ3) is 0.238. The van der Waals surface area contributed by atoms with Crippen molar-refractivity contribution in [3.8, 4) is 0 Å². The molecule has 1 aromatic rings. The maximum Gasteiger partial charge on any atom is 0.359 e. The molecule has 1 N–H and O–H groups in total. The molecule has 0 saturated carbocycles. The summed E-state index contributed by atoms with van der Waals surface area (Å²) in [6.07, 6.45) is 2.71. The van der Waals surface area contributed by atoms with Crippen molar-refractivity contribution in [2.24, 2.45) is 0 Å². The lowest BCUT2D eigenvalue weighted by Crippen LogP contribution is -1.95. The fourth-order valence-electron chi connectivity index (χ4n) is 0.152. The number of aromatic amines is 1. The maximum absolute atomic E-state index is 4.42. The largest absolute Gasteiger partial charge is 0.391 e. The van der Waals surface area contributed by atoms with E-state index in [9.17, 15) is 0 Å². The topological polar surface area (TPSA) is 40.2 Å². The summed E-state index contributed by atoms with van der Waals surface area (Å²) in [5, 5.41) is 5.88. The molecule has 0 aliphatic carbocycles. The summed E-state index contributed by atoms with van der Waals surface area (Å²) in [5.41, 5.74) is 0. The van der Waals surface area contributed by atoms with Crippen molar-refractivity contribution < 1.29 is 9.52 Å². The van der Waals surface area contributed by atoms with Crippen LogP contribution >= 0.6 is 0 Å². The predicted molar refractivity (Wildman–Crippen MR) is 13.1 cm³/mol. The Hall–Kier alpha value is -0.860. The SMILES string of the molecule is c1n[nH+]co1. The first-order valence-corrected chi connectivity index (χ1v) is 1.24. The standard InChI is InChI=1S/C2H2N2O/c1-3-4-2-5-1/h1-2H/p+1. The van der Waals surface area contributed by atoms with E-state index in [0.717, 1.165) is 0 Å². The number of nitrogens with zero attached hydrogens (tertiary/aromatic N) is 1. The summed E-state index contributed by atoms with van der Waals surface area (Å²) < 4.78 is 4.42. The van der Waals surface area contributed by atoms with E-state index in [1.54, 1.807) is 0 Å². The fourth-order valence-corrected chi connectivity index (χ4v) is 0.152. The Kier molecular flexibility index (Phi) is 0.400. The molecule has 0 aliphatic rings. The predicted octanol–water partition coefficient (Wildman–Crippen LogP) is -0.511. The third-order valence-corrected chi connectivity index (χ3v) is 0.309. The summed E-state index contributed by atoms with van der Waals surface area (Å²) in [6.45, 7) is 0. The lowest BCUT2D eigenvalue weighted by atomic mass is 11.5. The van der Waals surface area contributed by atoms with Crippen LogP contribution in [0.25, 0.3) is 0 Å². The molecule has 0 radical (unpaired) electrons. The van der Waals surface area contributed by atoms with Gasteiger partial charge in [0.15, 0.2) is 0 Å². The number of hydrogen-bond acceptors (Lipinski definition) is 2. The van der Waals surface area contributed by atoms with Crippen LogP contribution in [0.4, 0.5) is 0 Å². The zero-order chi connectivity index (χ0) is 3.54. The monoisotopic (exact) mass is 71.0 g/mol. The summed E-state index contributed by atoms with van der Waals surface area (Å²) >= 11 is 0. The first-order valence-electron chi connectivity index (χ1n) is 1.24. The minimum absolute atomic E-state index is 1.32. The first kappa shape index (κ1) is 2.38. The number of rotatable bonds is 0. The van der Waals surface area contributed by atoms with Crippen LogP contribution in [-0.2, 0) is 0 Å². The highest BCUT2D eigenvalue weighted by Crippen LogP contribution is 1.57. The molecule has 3 heteroatoms. The lowest BCUT2D eigenvalue weighted by Gasteiger charge is -1.37. The molecule has 0 unspecified atom stereocenters. The number of H-pyrrole nitrogens is 1. The van der Waals surface area contributed by atoms with E-state index in [1.165, 1.54) is 12.8 Å². The van der Waals surface area contributed by atoms with Crippen LogP contribution in [0.1, 0.15) is 0 Å². The second-order valence-electron chi connectivity index (χ2n) is 0.618. The van der Waals surface area contributed by atoms with Gasteiger partial charge >= 0.3 is 6.39 Å². The zero-order valence-electron chi connectivity index (χ0n) is 2.51. The minimum atomic E-state index is 1.32. The van der Waals surface area contributed by atoms with E-state index in [0.29, 0.717) is 0 Å². The van der Waals surface area contributed by atoms with Gasteiger partial charge in [-0.25, -0.2) is 0 Å². The quantitative estimate of drug-likeness (QED) is 0.413. The van der Waals surface area contributed by atoms with Gasteiger partial charge in [-0.2, -0.15) is 0 Å². The number of nitrogens with one attached hydrogen (secondary N) is 1. The van der Waals surface area contributed by atoms with Crippen molar-refractivity contribution in [3.05, 3.63) is 12.8 Å². The van der Waals surface area contributed by atoms with Crippen LogP contribution in [0.3, 0.4) is 0 Å². The van der Waals surface area contributed by atoms with Gasteiger partial charge in [0.05, 0.1) is 0 Å². The Morgan fingerprint density at radius 1 is 1.80 bits per heavy atom. The molecule has 0 amide bonds. The Bertz CT molecular complexity index is 64.1. The summed E-state index contributed by atoms with van der Waals surface area (Å²) in [5.74, 6) is 0. The average Bonchev–Trinajstić information content (AvgIpc) is 1.76. The second kappa shape index (κ2) is 0.839. The Morgan fingerprint density at radius 2 is 2.80 bits per heavy atom. The molecule has 0 atom stereocenters. The van der Waals surface area contributed by atoms with Crippen molar-refractivity contribution in [2.45, 2.75) is 0 Å². The molecule has 26 valence electrons. The van der Waals surface area contributed by atoms with Crippen LogP contribution < -0.4 is 5.10 Å². The third-order valence-electron chi connectivity index (χ3n) is 0.309. The average molecular weight is 71.1 g/mol. The molecule has 0 bridgehead atoms. The normalized spacial score (nSPS) is 8.00. The van der Waals surface area contributed by atoms with Gasteiger partial charge in [-0.15, -0.1) is 0 Å². The summed E-state index contributed by atoms with van der Waals surface area (Å²) in [4.78, 5) is 0. The van der Waals surface area contributed by atoms with Gasteiger partial charge in [-0.3, -0.25) is 0 Å². The molecule has 0 spiro atoms. The van der Waals surface area contributed by atoms with E-state index >= 15 is 0 Å². The zero-order valence-corrected chi connectivity index (χ0v) is 2.51. The van der Waals surface area contributed by atoms with Crippen molar-refractivity contribution in [3.63, 3.8) is 0 Å². The molecule has 0 aromatic carbocycles. The molecule has 5 heavy (non-hydrogen) atoms. The Labute approximate surface area is 28.6 Å². The van der Waals surface area contributed by atoms with Gasteiger partial charge in [0.2, 0.25) is 0 Å². The molecule has 1 rings (SSSR count). The minimum Gasteiger partial charge on any atom is -0.391 e. The molecule has 0 aliphatic heterocycles. The molecule has 1 heterocycles. The van der Waals surface area contributed by atoms with Gasteiger partial charge in [-0.05, 0) is 0 Å². The Morgan fingerprint density at radius 3 is 3.00 bits per heavy atom. The highest BCUT2D eigenvalue weighted by atomic mass is 16.3. The number of hydrogen-bond donors (Lipinski definition) is 0. The van der Waals surface area contributed by atoms with Gasteiger partial charge in [0, 0.05) is 5.10 Å². The lowest BCUT2D eigenvalue weighted by molar-refractivity contribution is -0.455. The van der Waals surface area contributed by atoms with Gasteiger partial charge in [-0.1, -0.05) is 5.10 Å². The van der Waals surface area contributed by atoms with E-state index in [4.69, 9.17) is 0 Å². The Balaban J connectivity index is 3.13. The first-order chi connectivity index (χ1) is 2.50. The van der Waals surface area contributed by atoms with Crippen molar-refractivity contribution in [1.82, 2.24) is 5.10 Å². The van der Waals surface area contributed by atoms with Crippen LogP contribution in [-0.4, -0.2) is 5.10 Å². The van der Waals surface area contributed by atoms with Crippen LogP contribution in [0.15, 0.2) is 17.2 Å². The molecular formula is C2H3N2O+.